The van der Waals surface area contributed by atoms with Gasteiger partial charge in [0.25, 0.3) is 10.0 Å². The molecule has 0 bridgehead atoms. The van der Waals surface area contributed by atoms with Gasteiger partial charge in [0, 0.05) is 0 Å². The number of aldehydes is 1. The second-order valence-electron chi connectivity index (χ2n) is 3.55. The number of nitrogens with zero attached hydrogens (tertiary/aromatic N) is 1. The quantitative estimate of drug-likeness (QED) is 0.754. The molecule has 0 radical (unpaired) electrons. The van der Waals surface area contributed by atoms with Crippen molar-refractivity contribution in [3.63, 3.8) is 0 Å². The molecule has 86 valence electrons. The van der Waals surface area contributed by atoms with Gasteiger partial charge < -0.3 is 4.74 Å². The third kappa shape index (κ3) is 2.37. The van der Waals surface area contributed by atoms with Crippen molar-refractivity contribution in [3.05, 3.63) is 17.8 Å². The zero-order chi connectivity index (χ0) is 11.8. The summed E-state index contributed by atoms with van der Waals surface area (Å²) in [6.07, 6.45) is 3.74. The first kappa shape index (κ1) is 11.0. The molecule has 1 aliphatic carbocycles. The van der Waals surface area contributed by atoms with Crippen molar-refractivity contribution in [2.75, 3.05) is 0 Å². The average molecular weight is 242 g/mol. The lowest BCUT2D eigenvalue weighted by Gasteiger charge is -2.06. The SMILES string of the molecule is NS(=O)(=O)c1ncc(OC2CC2)cc1C=O. The summed E-state index contributed by atoms with van der Waals surface area (Å²) in [5.41, 5.74) is -0.0827. The minimum absolute atomic E-state index is 0.0827. The molecule has 0 aromatic carbocycles. The van der Waals surface area contributed by atoms with Gasteiger partial charge in [-0.3, -0.25) is 4.79 Å². The summed E-state index contributed by atoms with van der Waals surface area (Å²) in [7, 11) is -3.97. The highest BCUT2D eigenvalue weighted by Crippen LogP contribution is 2.27. The summed E-state index contributed by atoms with van der Waals surface area (Å²) in [4.78, 5) is 14.3. The smallest absolute Gasteiger partial charge is 0.256 e. The molecule has 2 N–H and O–H groups in total. The molecular formula is C9H10N2O4S. The number of hydrogen-bond donors (Lipinski definition) is 1. The predicted molar refractivity (Wildman–Crippen MR) is 54.6 cm³/mol. The highest BCUT2D eigenvalue weighted by atomic mass is 32.2. The van der Waals surface area contributed by atoms with Crippen molar-refractivity contribution >= 4 is 16.3 Å². The molecule has 1 aliphatic rings. The molecule has 7 heteroatoms. The highest BCUT2D eigenvalue weighted by Gasteiger charge is 2.24. The van der Waals surface area contributed by atoms with Gasteiger partial charge in [-0.15, -0.1) is 0 Å². The summed E-state index contributed by atoms with van der Waals surface area (Å²) < 4.78 is 27.5. The third-order valence-corrected chi connectivity index (χ3v) is 2.96. The molecule has 6 nitrogen and oxygen atoms in total. The number of pyridine rings is 1. The maximum absolute atomic E-state index is 11.1. The van der Waals surface area contributed by atoms with E-state index in [1.165, 1.54) is 12.3 Å². The van der Waals surface area contributed by atoms with Gasteiger partial charge in [-0.05, 0) is 18.9 Å². The first-order chi connectivity index (χ1) is 7.50. The number of primary sulfonamides is 1. The molecule has 0 aliphatic heterocycles. The summed E-state index contributed by atoms with van der Waals surface area (Å²) >= 11 is 0. The number of sulfonamides is 1. The third-order valence-electron chi connectivity index (χ3n) is 2.08. The van der Waals surface area contributed by atoms with Crippen LogP contribution in [0.25, 0.3) is 0 Å². The van der Waals surface area contributed by atoms with Crippen LogP contribution in [-0.2, 0) is 10.0 Å². The van der Waals surface area contributed by atoms with E-state index in [-0.39, 0.29) is 11.7 Å². The van der Waals surface area contributed by atoms with E-state index >= 15 is 0 Å². The number of ether oxygens (including phenoxy) is 1. The Morgan fingerprint density at radius 3 is 2.69 bits per heavy atom. The normalized spacial score (nSPS) is 15.8. The van der Waals surface area contributed by atoms with Crippen LogP contribution in [0.3, 0.4) is 0 Å². The zero-order valence-electron chi connectivity index (χ0n) is 8.29. The van der Waals surface area contributed by atoms with Gasteiger partial charge in [-0.25, -0.2) is 18.5 Å². The number of aromatic nitrogens is 1. The fourth-order valence-corrected chi connectivity index (χ4v) is 1.85. The van der Waals surface area contributed by atoms with Gasteiger partial charge in [0.1, 0.15) is 5.75 Å². The molecule has 1 aromatic heterocycles. The van der Waals surface area contributed by atoms with Crippen molar-refractivity contribution in [2.45, 2.75) is 24.0 Å². The minimum atomic E-state index is -3.97. The summed E-state index contributed by atoms with van der Waals surface area (Å²) in [5, 5.41) is 4.48. The van der Waals surface area contributed by atoms with E-state index in [0.717, 1.165) is 12.8 Å². The average Bonchev–Trinajstić information content (AvgIpc) is 3.00. The summed E-state index contributed by atoms with van der Waals surface area (Å²) in [6.45, 7) is 0. The van der Waals surface area contributed by atoms with Crippen LogP contribution in [0.1, 0.15) is 23.2 Å². The molecule has 2 rings (SSSR count). The van der Waals surface area contributed by atoms with E-state index < -0.39 is 15.0 Å². The second kappa shape index (κ2) is 3.84. The largest absolute Gasteiger partial charge is 0.489 e. The van der Waals surface area contributed by atoms with Gasteiger partial charge in [0.2, 0.25) is 0 Å². The van der Waals surface area contributed by atoms with Crippen molar-refractivity contribution in [1.82, 2.24) is 4.98 Å². The summed E-state index contributed by atoms with van der Waals surface area (Å²) in [6, 6.07) is 1.33. The van der Waals surface area contributed by atoms with Crippen molar-refractivity contribution in [2.24, 2.45) is 5.14 Å². The Kier molecular flexibility index (Phi) is 2.64. The number of rotatable bonds is 4. The van der Waals surface area contributed by atoms with Crippen molar-refractivity contribution in [1.29, 1.82) is 0 Å². The van der Waals surface area contributed by atoms with E-state index in [9.17, 15) is 13.2 Å². The van der Waals surface area contributed by atoms with E-state index in [1.807, 2.05) is 0 Å². The topological polar surface area (TPSA) is 99.4 Å². The van der Waals surface area contributed by atoms with E-state index in [1.54, 1.807) is 0 Å². The molecule has 1 heterocycles. The second-order valence-corrected chi connectivity index (χ2v) is 5.02. The van der Waals surface area contributed by atoms with Crippen LogP contribution in [0.15, 0.2) is 17.3 Å². The van der Waals surface area contributed by atoms with Gasteiger partial charge in [-0.1, -0.05) is 0 Å². The van der Waals surface area contributed by atoms with Crippen LogP contribution in [0.5, 0.6) is 5.75 Å². The molecular weight excluding hydrogens is 232 g/mol. The van der Waals surface area contributed by atoms with Crippen LogP contribution in [0.4, 0.5) is 0 Å². The summed E-state index contributed by atoms with van der Waals surface area (Å²) in [5.74, 6) is 0.386. The molecule has 0 unspecified atom stereocenters. The number of hydrogen-bond acceptors (Lipinski definition) is 5. The standard InChI is InChI=1S/C9H10N2O4S/c10-16(13,14)9-6(5-12)3-8(4-11-9)15-7-1-2-7/h3-5,7H,1-2H2,(H2,10,13,14). The first-order valence-electron chi connectivity index (χ1n) is 4.65. The molecule has 1 fully saturated rings. The fraction of sp³-hybridized carbons (Fsp3) is 0.333. The Labute approximate surface area is 92.5 Å². The number of nitrogens with two attached hydrogens (primary N) is 1. The first-order valence-corrected chi connectivity index (χ1v) is 6.20. The Morgan fingerprint density at radius 1 is 1.50 bits per heavy atom. The Morgan fingerprint density at radius 2 is 2.19 bits per heavy atom. The lowest BCUT2D eigenvalue weighted by molar-refractivity contribution is 0.111. The molecule has 1 saturated carbocycles. The van der Waals surface area contributed by atoms with Gasteiger partial charge >= 0.3 is 0 Å². The lowest BCUT2D eigenvalue weighted by atomic mass is 10.3. The Bertz CT molecular complexity index is 522. The van der Waals surface area contributed by atoms with Gasteiger partial charge in [0.15, 0.2) is 11.3 Å². The van der Waals surface area contributed by atoms with Crippen molar-refractivity contribution < 1.29 is 17.9 Å². The van der Waals surface area contributed by atoms with Crippen LogP contribution >= 0.6 is 0 Å². The highest BCUT2D eigenvalue weighted by molar-refractivity contribution is 7.89. The number of carbonyl (C=O) groups excluding carboxylic acids is 1. The van der Waals surface area contributed by atoms with Crippen molar-refractivity contribution in [3.8, 4) is 5.75 Å². The van der Waals surface area contributed by atoms with Crippen LogP contribution in [0, 0.1) is 0 Å². The predicted octanol–water partition coefficient (Wildman–Crippen LogP) is 0.0827. The molecule has 1 aromatic rings. The maximum atomic E-state index is 11.1. The Hall–Kier alpha value is -1.47. The van der Waals surface area contributed by atoms with E-state index in [2.05, 4.69) is 4.98 Å². The minimum Gasteiger partial charge on any atom is -0.489 e. The van der Waals surface area contributed by atoms with Crippen LogP contribution < -0.4 is 9.88 Å². The van der Waals surface area contributed by atoms with E-state index in [4.69, 9.17) is 9.88 Å². The lowest BCUT2D eigenvalue weighted by Crippen LogP contribution is -2.16. The fourth-order valence-electron chi connectivity index (χ4n) is 1.21. The van der Waals surface area contributed by atoms with Gasteiger partial charge in [-0.2, -0.15) is 0 Å². The van der Waals surface area contributed by atoms with Gasteiger partial charge in [0.05, 0.1) is 17.9 Å². The number of carbonyl (C=O) groups is 1. The van der Waals surface area contributed by atoms with Crippen LogP contribution in [-0.4, -0.2) is 25.8 Å². The monoisotopic (exact) mass is 242 g/mol. The molecule has 0 atom stereocenters. The Balaban J connectivity index is 2.37. The zero-order valence-corrected chi connectivity index (χ0v) is 9.11. The molecule has 0 saturated heterocycles. The van der Waals surface area contributed by atoms with E-state index in [0.29, 0.717) is 12.0 Å². The molecule has 0 amide bonds. The van der Waals surface area contributed by atoms with Crippen LogP contribution in [0.2, 0.25) is 0 Å². The molecule has 16 heavy (non-hydrogen) atoms. The molecule has 0 spiro atoms. The maximum Gasteiger partial charge on any atom is 0.256 e.